The first-order valence-corrected chi connectivity index (χ1v) is 10.8. The van der Waals surface area contributed by atoms with E-state index in [1.165, 1.54) is 18.3 Å². The minimum atomic E-state index is -0.494. The van der Waals surface area contributed by atoms with Gasteiger partial charge in [-0.15, -0.1) is 0 Å². The molecule has 0 bridgehead atoms. The van der Waals surface area contributed by atoms with Gasteiger partial charge < -0.3 is 9.84 Å². The smallest absolute Gasteiger partial charge is 0.275 e. The van der Waals surface area contributed by atoms with Gasteiger partial charge in [0.1, 0.15) is 18.1 Å². The van der Waals surface area contributed by atoms with Crippen molar-refractivity contribution in [2.75, 3.05) is 0 Å². The van der Waals surface area contributed by atoms with Gasteiger partial charge in [-0.25, -0.2) is 5.43 Å². The zero-order valence-electron chi connectivity index (χ0n) is 14.9. The second-order valence-electron chi connectivity index (χ2n) is 5.95. The van der Waals surface area contributed by atoms with Crippen molar-refractivity contribution >= 4 is 59.9 Å². The Hall–Kier alpha value is -2.16. The number of halogens is 3. The quantitative estimate of drug-likeness (QED) is 0.276. The Labute approximate surface area is 193 Å². The summed E-state index contributed by atoms with van der Waals surface area (Å²) in [5.74, 6) is 0.0770. The first-order chi connectivity index (χ1) is 13.9. The van der Waals surface area contributed by atoms with E-state index in [9.17, 15) is 9.90 Å². The third-order valence-electron chi connectivity index (χ3n) is 3.85. The molecule has 0 aliphatic heterocycles. The van der Waals surface area contributed by atoms with Crippen LogP contribution < -0.4 is 10.2 Å². The van der Waals surface area contributed by atoms with Gasteiger partial charge in [0.25, 0.3) is 5.91 Å². The van der Waals surface area contributed by atoms with Crippen LogP contribution in [0.3, 0.4) is 0 Å². The maximum atomic E-state index is 12.1. The third-order valence-corrected chi connectivity index (χ3v) is 5.55. The molecule has 3 rings (SSSR count). The topological polar surface area (TPSA) is 70.9 Å². The fourth-order valence-electron chi connectivity index (χ4n) is 2.42. The molecule has 0 aromatic heterocycles. The Morgan fingerprint density at radius 3 is 2.34 bits per heavy atom. The average Bonchev–Trinajstić information content (AvgIpc) is 2.69. The fraction of sp³-hybridized carbons (Fsp3) is 0.0476. The predicted molar refractivity (Wildman–Crippen MR) is 123 cm³/mol. The molecule has 8 heteroatoms. The molecule has 0 saturated heterocycles. The van der Waals surface area contributed by atoms with Crippen molar-refractivity contribution in [3.8, 4) is 11.5 Å². The van der Waals surface area contributed by atoms with Crippen LogP contribution >= 0.6 is 47.8 Å². The van der Waals surface area contributed by atoms with Crippen LogP contribution in [0.5, 0.6) is 11.5 Å². The van der Waals surface area contributed by atoms with Crippen LogP contribution in [0.4, 0.5) is 0 Å². The largest absolute Gasteiger partial charge is 0.507 e. The Balaban J connectivity index is 1.65. The molecule has 3 aromatic rings. The summed E-state index contributed by atoms with van der Waals surface area (Å²) >= 11 is 10.4. The number of ether oxygens (including phenoxy) is 1. The van der Waals surface area contributed by atoms with Crippen molar-refractivity contribution in [2.45, 2.75) is 6.61 Å². The summed E-state index contributed by atoms with van der Waals surface area (Å²) < 4.78 is 8.42. The molecule has 2 N–H and O–H groups in total. The Morgan fingerprint density at radius 2 is 1.69 bits per heavy atom. The fourth-order valence-corrected chi connectivity index (χ4v) is 4.13. The van der Waals surface area contributed by atoms with Crippen LogP contribution in [0, 0.1) is 0 Å². The van der Waals surface area contributed by atoms with Crippen molar-refractivity contribution in [3.05, 3.63) is 90.8 Å². The number of phenolic OH excluding ortho intramolecular Hbond substituents is 1. The number of para-hydroxylation sites is 1. The molecule has 0 heterocycles. The average molecular weight is 583 g/mol. The first kappa shape index (κ1) is 21.5. The molecular weight excluding hydrogens is 568 g/mol. The number of nitrogens with one attached hydrogen (secondary N) is 1. The lowest BCUT2D eigenvalue weighted by atomic mass is 10.2. The highest BCUT2D eigenvalue weighted by Gasteiger charge is 2.10. The monoisotopic (exact) mass is 580 g/mol. The van der Waals surface area contributed by atoms with Crippen molar-refractivity contribution in [2.24, 2.45) is 5.10 Å². The van der Waals surface area contributed by atoms with Crippen LogP contribution in [-0.2, 0) is 6.61 Å². The molecule has 0 fully saturated rings. The molecule has 0 saturated carbocycles. The maximum Gasteiger partial charge on any atom is 0.275 e. The van der Waals surface area contributed by atoms with E-state index in [1.54, 1.807) is 12.1 Å². The van der Waals surface area contributed by atoms with Gasteiger partial charge in [0.05, 0.1) is 20.7 Å². The number of benzene rings is 3. The van der Waals surface area contributed by atoms with Crippen LogP contribution in [-0.4, -0.2) is 17.2 Å². The van der Waals surface area contributed by atoms with Crippen molar-refractivity contribution in [3.63, 3.8) is 0 Å². The van der Waals surface area contributed by atoms with Crippen LogP contribution in [0.25, 0.3) is 0 Å². The second-order valence-corrected chi connectivity index (χ2v) is 8.57. The predicted octanol–water partition coefficient (Wildman–Crippen LogP) is 6.02. The summed E-state index contributed by atoms with van der Waals surface area (Å²) in [6.07, 6.45) is 1.51. The maximum absolute atomic E-state index is 12.1. The number of hydrogen-bond acceptors (Lipinski definition) is 4. The molecule has 0 aliphatic rings. The van der Waals surface area contributed by atoms with E-state index in [2.05, 4.69) is 58.3 Å². The highest BCUT2D eigenvalue weighted by atomic mass is 79.9. The van der Waals surface area contributed by atoms with Gasteiger partial charge in [-0.3, -0.25) is 4.79 Å². The molecule has 148 valence electrons. The lowest BCUT2D eigenvalue weighted by molar-refractivity contribution is 0.0952. The van der Waals surface area contributed by atoms with E-state index in [0.29, 0.717) is 12.4 Å². The zero-order chi connectivity index (χ0) is 20.8. The van der Waals surface area contributed by atoms with Crippen molar-refractivity contribution < 1.29 is 14.6 Å². The number of carbonyl (C=O) groups is 1. The molecule has 3 aromatic carbocycles. The molecule has 0 unspecified atom stereocenters. The molecule has 0 aliphatic carbocycles. The number of aromatic hydroxyl groups is 1. The molecule has 29 heavy (non-hydrogen) atoms. The van der Waals surface area contributed by atoms with Gasteiger partial charge in [0, 0.05) is 4.47 Å². The highest BCUT2D eigenvalue weighted by molar-refractivity contribution is 9.11. The number of rotatable bonds is 6. The van der Waals surface area contributed by atoms with Crippen molar-refractivity contribution in [1.29, 1.82) is 0 Å². The molecule has 1 amide bonds. The lowest BCUT2D eigenvalue weighted by Gasteiger charge is -2.11. The number of nitrogens with zero attached hydrogens (tertiary/aromatic N) is 1. The van der Waals surface area contributed by atoms with Crippen LogP contribution in [0.2, 0.25) is 0 Å². The van der Waals surface area contributed by atoms with Gasteiger partial charge in [0.2, 0.25) is 0 Å². The molecule has 5 nitrogen and oxygen atoms in total. The number of amides is 1. The summed E-state index contributed by atoms with van der Waals surface area (Å²) in [6.45, 7) is 0.425. The summed E-state index contributed by atoms with van der Waals surface area (Å²) in [5.41, 5.74) is 4.35. The van der Waals surface area contributed by atoms with E-state index in [1.807, 2.05) is 36.4 Å². The molecule has 0 radical (unpaired) electrons. The van der Waals surface area contributed by atoms with Gasteiger partial charge >= 0.3 is 0 Å². The van der Waals surface area contributed by atoms with Crippen LogP contribution in [0.15, 0.2) is 79.2 Å². The van der Waals surface area contributed by atoms with Crippen molar-refractivity contribution in [1.82, 2.24) is 5.43 Å². The standard InChI is InChI=1S/C21H15Br3N2O3/c22-15-7-5-13(6-8-15)12-29-20-17(23)9-14(10-18(20)24)11-25-26-21(28)16-3-1-2-4-19(16)27/h1-11,27H,12H2,(H,26,28)/b25-11-. The molecule has 0 atom stereocenters. The number of carbonyl (C=O) groups excluding carboxylic acids is 1. The highest BCUT2D eigenvalue weighted by Crippen LogP contribution is 2.35. The van der Waals surface area contributed by atoms with Gasteiger partial charge in [-0.05, 0) is 79.4 Å². The Morgan fingerprint density at radius 1 is 1.03 bits per heavy atom. The van der Waals surface area contributed by atoms with E-state index in [-0.39, 0.29) is 11.3 Å². The SMILES string of the molecule is O=C(N/N=C\c1cc(Br)c(OCc2ccc(Br)cc2)c(Br)c1)c1ccccc1O. The van der Waals surface area contributed by atoms with E-state index in [0.717, 1.165) is 24.5 Å². The Kier molecular flexibility index (Phi) is 7.46. The summed E-state index contributed by atoms with van der Waals surface area (Å²) in [6, 6.07) is 17.8. The Bertz CT molecular complexity index is 1030. The van der Waals surface area contributed by atoms with Crippen LogP contribution in [0.1, 0.15) is 21.5 Å². The summed E-state index contributed by atoms with van der Waals surface area (Å²) in [7, 11) is 0. The summed E-state index contributed by atoms with van der Waals surface area (Å²) in [5, 5.41) is 13.7. The normalized spacial score (nSPS) is 10.9. The van der Waals surface area contributed by atoms with Gasteiger partial charge in [0.15, 0.2) is 0 Å². The molecular formula is C21H15Br3N2O3. The minimum Gasteiger partial charge on any atom is -0.507 e. The number of hydrogen-bond donors (Lipinski definition) is 2. The second kappa shape index (κ2) is 10.0. The van der Waals surface area contributed by atoms with E-state index in [4.69, 9.17) is 4.74 Å². The van der Waals surface area contributed by atoms with Gasteiger partial charge in [-0.1, -0.05) is 40.2 Å². The molecule has 0 spiro atoms. The summed E-state index contributed by atoms with van der Waals surface area (Å²) in [4.78, 5) is 12.1. The van der Waals surface area contributed by atoms with E-state index < -0.39 is 5.91 Å². The zero-order valence-corrected chi connectivity index (χ0v) is 19.7. The number of phenols is 1. The third kappa shape index (κ3) is 5.91. The van der Waals surface area contributed by atoms with E-state index >= 15 is 0 Å². The first-order valence-electron chi connectivity index (χ1n) is 8.41. The lowest BCUT2D eigenvalue weighted by Crippen LogP contribution is -2.17. The number of hydrazone groups is 1. The van der Waals surface area contributed by atoms with Gasteiger partial charge in [-0.2, -0.15) is 5.10 Å². The minimum absolute atomic E-state index is 0.0991.